The van der Waals surface area contributed by atoms with Gasteiger partial charge in [0.25, 0.3) is 0 Å². The number of ether oxygens (including phenoxy) is 1. The third-order valence-corrected chi connectivity index (χ3v) is 9.98. The molecule has 2 N–H and O–H groups in total. The van der Waals surface area contributed by atoms with Crippen LogP contribution in [0.25, 0.3) is 0 Å². The van der Waals surface area contributed by atoms with Gasteiger partial charge in [0.05, 0.1) is 12.7 Å². The van der Waals surface area contributed by atoms with Gasteiger partial charge >= 0.3 is 5.97 Å². The number of amides is 2. The number of methoxy groups -OCH3 is 1. The molecule has 7 atom stereocenters. The van der Waals surface area contributed by atoms with Crippen LogP contribution < -0.4 is 10.6 Å². The van der Waals surface area contributed by atoms with Gasteiger partial charge in [0.2, 0.25) is 11.8 Å². The van der Waals surface area contributed by atoms with Crippen LogP contribution in [0.2, 0.25) is 0 Å². The molecule has 6 heteroatoms. The SMILES string of the molecule is COC(=O)c1ccc(NC(=O)C2CC[C@H]3[C@@H]4CCC5NC(=O)CC[C@]5(C)[C@@H]4CC[C@]23C)cc1. The van der Waals surface area contributed by atoms with Crippen molar-refractivity contribution in [3.8, 4) is 0 Å². The molecule has 0 bridgehead atoms. The normalized spacial score (nSPS) is 39.5. The molecule has 4 fully saturated rings. The minimum Gasteiger partial charge on any atom is -0.465 e. The maximum absolute atomic E-state index is 13.4. The minimum atomic E-state index is -0.378. The second-order valence-electron chi connectivity index (χ2n) is 11.3. The van der Waals surface area contributed by atoms with Gasteiger partial charge in [0.15, 0.2) is 0 Å². The summed E-state index contributed by atoms with van der Waals surface area (Å²) in [5, 5.41) is 6.42. The van der Waals surface area contributed by atoms with Crippen LogP contribution >= 0.6 is 0 Å². The van der Waals surface area contributed by atoms with Gasteiger partial charge in [-0.3, -0.25) is 9.59 Å². The highest BCUT2D eigenvalue weighted by molar-refractivity contribution is 5.94. The van der Waals surface area contributed by atoms with Crippen molar-refractivity contribution in [2.75, 3.05) is 12.4 Å². The number of piperidine rings is 1. The van der Waals surface area contributed by atoms with Crippen molar-refractivity contribution in [1.29, 1.82) is 0 Å². The highest BCUT2D eigenvalue weighted by Crippen LogP contribution is 2.65. The number of carbonyl (C=O) groups is 3. The molecule has 6 nitrogen and oxygen atoms in total. The number of esters is 1. The Kier molecular flexibility index (Phi) is 5.53. The first-order valence-corrected chi connectivity index (χ1v) is 12.5. The smallest absolute Gasteiger partial charge is 0.337 e. The largest absolute Gasteiger partial charge is 0.465 e. The predicted octanol–water partition coefficient (Wildman–Crippen LogP) is 4.55. The van der Waals surface area contributed by atoms with Crippen LogP contribution in [-0.2, 0) is 14.3 Å². The van der Waals surface area contributed by atoms with Crippen molar-refractivity contribution in [2.24, 2.45) is 34.5 Å². The van der Waals surface area contributed by atoms with E-state index in [1.807, 2.05) is 0 Å². The van der Waals surface area contributed by atoms with E-state index in [4.69, 9.17) is 4.74 Å². The molecule has 178 valence electrons. The van der Waals surface area contributed by atoms with Crippen molar-refractivity contribution >= 4 is 23.5 Å². The Bertz CT molecular complexity index is 959. The molecule has 1 aliphatic heterocycles. The molecular formula is C27H36N2O4. The molecular weight excluding hydrogens is 416 g/mol. The van der Waals surface area contributed by atoms with Crippen LogP contribution in [0, 0.1) is 34.5 Å². The highest BCUT2D eigenvalue weighted by Gasteiger charge is 2.61. The van der Waals surface area contributed by atoms with E-state index in [1.165, 1.54) is 7.11 Å². The number of fused-ring (bicyclic) bond motifs is 5. The van der Waals surface area contributed by atoms with E-state index in [-0.39, 0.29) is 34.5 Å². The summed E-state index contributed by atoms with van der Waals surface area (Å²) in [5.41, 5.74) is 1.42. The first kappa shape index (κ1) is 22.4. The van der Waals surface area contributed by atoms with Gasteiger partial charge in [-0.25, -0.2) is 4.79 Å². The summed E-state index contributed by atoms with van der Waals surface area (Å²) in [7, 11) is 1.36. The summed E-state index contributed by atoms with van der Waals surface area (Å²) in [5.74, 6) is 1.82. The molecule has 2 amide bonds. The molecule has 1 saturated heterocycles. The van der Waals surface area contributed by atoms with E-state index in [2.05, 4.69) is 24.5 Å². The predicted molar refractivity (Wildman–Crippen MR) is 125 cm³/mol. The topological polar surface area (TPSA) is 84.5 Å². The molecule has 33 heavy (non-hydrogen) atoms. The van der Waals surface area contributed by atoms with E-state index in [1.54, 1.807) is 24.3 Å². The lowest BCUT2D eigenvalue weighted by Gasteiger charge is -2.60. The number of nitrogens with one attached hydrogen (secondary N) is 2. The fourth-order valence-corrected chi connectivity index (χ4v) is 8.17. The maximum atomic E-state index is 13.4. The second-order valence-corrected chi connectivity index (χ2v) is 11.3. The van der Waals surface area contributed by atoms with Crippen LogP contribution in [0.3, 0.4) is 0 Å². The van der Waals surface area contributed by atoms with Gasteiger partial charge in [-0.05, 0) is 97.8 Å². The van der Waals surface area contributed by atoms with E-state index >= 15 is 0 Å². The first-order valence-electron chi connectivity index (χ1n) is 12.5. The molecule has 1 aromatic carbocycles. The van der Waals surface area contributed by atoms with Crippen LogP contribution in [-0.4, -0.2) is 30.9 Å². The third kappa shape index (κ3) is 3.57. The van der Waals surface area contributed by atoms with Crippen molar-refractivity contribution in [3.05, 3.63) is 29.8 Å². The fraction of sp³-hybridized carbons (Fsp3) is 0.667. The molecule has 2 unspecified atom stereocenters. The zero-order valence-corrected chi connectivity index (χ0v) is 20.0. The Labute approximate surface area is 196 Å². The second kappa shape index (κ2) is 8.14. The Balaban J connectivity index is 1.30. The van der Waals surface area contributed by atoms with Crippen molar-refractivity contribution in [2.45, 2.75) is 71.3 Å². The number of rotatable bonds is 3. The van der Waals surface area contributed by atoms with Gasteiger partial charge in [0.1, 0.15) is 0 Å². The highest BCUT2D eigenvalue weighted by atomic mass is 16.5. The zero-order valence-electron chi connectivity index (χ0n) is 20.0. The summed E-state index contributed by atoms with van der Waals surface area (Å²) in [4.78, 5) is 37.1. The summed E-state index contributed by atoms with van der Waals surface area (Å²) in [6.45, 7) is 4.76. The van der Waals surface area contributed by atoms with Crippen LogP contribution in [0.15, 0.2) is 24.3 Å². The lowest BCUT2D eigenvalue weighted by molar-refractivity contribution is -0.140. The first-order chi connectivity index (χ1) is 15.8. The van der Waals surface area contributed by atoms with Gasteiger partial charge in [-0.1, -0.05) is 13.8 Å². The van der Waals surface area contributed by atoms with Gasteiger partial charge in [-0.15, -0.1) is 0 Å². The van der Waals surface area contributed by atoms with Crippen molar-refractivity contribution < 1.29 is 19.1 Å². The molecule has 0 spiro atoms. The Morgan fingerprint density at radius 2 is 1.70 bits per heavy atom. The zero-order chi connectivity index (χ0) is 23.4. The lowest BCUT2D eigenvalue weighted by Crippen LogP contribution is -2.61. The lowest BCUT2D eigenvalue weighted by atomic mass is 9.47. The van der Waals surface area contributed by atoms with Crippen LogP contribution in [0.5, 0.6) is 0 Å². The molecule has 1 aromatic rings. The number of carbonyl (C=O) groups excluding carboxylic acids is 3. The monoisotopic (exact) mass is 452 g/mol. The van der Waals surface area contributed by atoms with Crippen molar-refractivity contribution in [3.63, 3.8) is 0 Å². The average Bonchev–Trinajstić information content (AvgIpc) is 3.17. The molecule has 1 heterocycles. The van der Waals surface area contributed by atoms with Crippen LogP contribution in [0.4, 0.5) is 5.69 Å². The molecule has 3 saturated carbocycles. The molecule has 3 aliphatic carbocycles. The summed E-state index contributed by atoms with van der Waals surface area (Å²) >= 11 is 0. The summed E-state index contributed by atoms with van der Waals surface area (Å²) in [6, 6.07) is 7.24. The Hall–Kier alpha value is -2.37. The Morgan fingerprint density at radius 1 is 0.970 bits per heavy atom. The average molecular weight is 453 g/mol. The number of anilines is 1. The van der Waals surface area contributed by atoms with E-state index in [0.29, 0.717) is 35.8 Å². The number of hydrogen-bond donors (Lipinski definition) is 2. The molecule has 4 aliphatic rings. The van der Waals surface area contributed by atoms with E-state index in [9.17, 15) is 14.4 Å². The summed E-state index contributed by atoms with van der Waals surface area (Å²) < 4.78 is 4.75. The third-order valence-electron chi connectivity index (χ3n) is 9.98. The van der Waals surface area contributed by atoms with Gasteiger partial charge < -0.3 is 15.4 Å². The number of benzene rings is 1. The van der Waals surface area contributed by atoms with Crippen LogP contribution in [0.1, 0.15) is 75.6 Å². The van der Waals surface area contributed by atoms with Gasteiger partial charge in [-0.2, -0.15) is 0 Å². The molecule has 0 radical (unpaired) electrons. The molecule has 5 rings (SSSR count). The summed E-state index contributed by atoms with van der Waals surface area (Å²) in [6.07, 6.45) is 8.16. The number of hydrogen-bond acceptors (Lipinski definition) is 4. The van der Waals surface area contributed by atoms with E-state index < -0.39 is 0 Å². The Morgan fingerprint density at radius 3 is 2.42 bits per heavy atom. The van der Waals surface area contributed by atoms with E-state index in [0.717, 1.165) is 50.6 Å². The quantitative estimate of drug-likeness (QED) is 0.659. The minimum absolute atomic E-state index is 0.0142. The molecule has 0 aromatic heterocycles. The van der Waals surface area contributed by atoms with Gasteiger partial charge in [0, 0.05) is 24.1 Å². The fourth-order valence-electron chi connectivity index (χ4n) is 8.17. The standard InChI is InChI=1S/C27H36N2O4/c1-26-14-12-20-18(8-11-22-27(20,2)15-13-23(30)29-22)19(26)9-10-21(26)24(31)28-17-6-4-16(5-7-17)25(32)33-3/h4-7,18-22H,8-15H2,1-3H3,(H,28,31)(H,29,30)/t18-,19-,20+,21?,22?,26-,27+/m0/s1. The van der Waals surface area contributed by atoms with Crippen molar-refractivity contribution in [1.82, 2.24) is 5.32 Å². The maximum Gasteiger partial charge on any atom is 0.337 e.